The summed E-state index contributed by atoms with van der Waals surface area (Å²) in [6, 6.07) is 11.1. The molecule has 0 saturated carbocycles. The van der Waals surface area contributed by atoms with Gasteiger partial charge < -0.3 is 10.9 Å². The third kappa shape index (κ3) is 2.03. The van der Waals surface area contributed by atoms with Crippen LogP contribution in [0, 0.1) is 6.92 Å². The fourth-order valence-electron chi connectivity index (χ4n) is 1.32. The maximum absolute atomic E-state index is 9.38. The summed E-state index contributed by atoms with van der Waals surface area (Å²) in [5.74, 6) is 0.0229. The molecule has 0 bridgehead atoms. The first-order chi connectivity index (χ1) is 7.66. The molecule has 0 aliphatic heterocycles. The molecule has 1 aromatic carbocycles. The summed E-state index contributed by atoms with van der Waals surface area (Å²) >= 11 is 0. The van der Waals surface area contributed by atoms with Gasteiger partial charge >= 0.3 is 0 Å². The van der Waals surface area contributed by atoms with Crippen LogP contribution in [-0.2, 0) is 0 Å². The smallest absolute Gasteiger partial charge is 0.236 e. The summed E-state index contributed by atoms with van der Waals surface area (Å²) in [5.41, 5.74) is 7.38. The molecule has 5 heteroatoms. The number of nitrogens with zero attached hydrogens (tertiary/aromatic N) is 3. The van der Waals surface area contributed by atoms with Crippen molar-refractivity contribution >= 4 is 11.6 Å². The highest BCUT2D eigenvalue weighted by molar-refractivity contribution is 5.36. The average molecular weight is 216 g/mol. The van der Waals surface area contributed by atoms with Gasteiger partial charge in [0.05, 0.1) is 11.4 Å². The molecule has 0 fully saturated rings. The van der Waals surface area contributed by atoms with Crippen molar-refractivity contribution in [3.63, 3.8) is 0 Å². The molecule has 82 valence electrons. The van der Waals surface area contributed by atoms with Crippen LogP contribution in [0.5, 0.6) is 0 Å². The average Bonchev–Trinajstić information content (AvgIpc) is 2.27. The van der Waals surface area contributed by atoms with Crippen LogP contribution < -0.4 is 11.2 Å². The molecule has 0 atom stereocenters. The van der Waals surface area contributed by atoms with E-state index in [2.05, 4.69) is 9.98 Å². The first-order valence-electron chi connectivity index (χ1n) is 4.82. The van der Waals surface area contributed by atoms with Gasteiger partial charge in [0.1, 0.15) is 0 Å². The van der Waals surface area contributed by atoms with E-state index in [9.17, 15) is 5.21 Å². The summed E-state index contributed by atoms with van der Waals surface area (Å²) in [6.07, 6.45) is 0. The van der Waals surface area contributed by atoms with Crippen LogP contribution in [0.15, 0.2) is 41.4 Å². The molecule has 0 spiro atoms. The Bertz CT molecular complexity index is 534. The van der Waals surface area contributed by atoms with Crippen LogP contribution in [0.25, 0.3) is 0 Å². The van der Waals surface area contributed by atoms with E-state index in [-0.39, 0.29) is 5.95 Å². The van der Waals surface area contributed by atoms with Gasteiger partial charge in [0.15, 0.2) is 5.49 Å². The lowest BCUT2D eigenvalue weighted by Crippen LogP contribution is -2.17. The van der Waals surface area contributed by atoms with Crippen LogP contribution in [-0.4, -0.2) is 14.9 Å². The molecule has 5 nitrogen and oxygen atoms in total. The largest absolute Gasteiger partial charge is 0.425 e. The van der Waals surface area contributed by atoms with Crippen molar-refractivity contribution in [2.24, 2.45) is 4.99 Å². The van der Waals surface area contributed by atoms with E-state index in [4.69, 9.17) is 5.73 Å². The lowest BCUT2D eigenvalue weighted by atomic mass is 10.3. The minimum absolute atomic E-state index is 0.0229. The minimum Gasteiger partial charge on any atom is -0.425 e. The zero-order chi connectivity index (χ0) is 11.5. The number of aromatic nitrogens is 2. The molecule has 2 aromatic rings. The summed E-state index contributed by atoms with van der Waals surface area (Å²) in [7, 11) is 0. The van der Waals surface area contributed by atoms with E-state index in [0.29, 0.717) is 11.2 Å². The molecule has 0 unspecified atom stereocenters. The Kier molecular flexibility index (Phi) is 2.59. The number of nitrogen functional groups attached to an aromatic ring is 1. The molecule has 0 amide bonds. The fraction of sp³-hybridized carbons (Fsp3) is 0.0909. The zero-order valence-electron chi connectivity index (χ0n) is 8.83. The number of benzene rings is 1. The Labute approximate surface area is 92.5 Å². The topological polar surface area (TPSA) is 76.4 Å². The Hall–Kier alpha value is -2.30. The number of rotatable bonds is 1. The molecule has 16 heavy (non-hydrogen) atoms. The second-order valence-corrected chi connectivity index (χ2v) is 3.37. The van der Waals surface area contributed by atoms with Gasteiger partial charge in [-0.3, -0.25) is 0 Å². The van der Waals surface area contributed by atoms with Crippen molar-refractivity contribution in [2.45, 2.75) is 6.92 Å². The van der Waals surface area contributed by atoms with Crippen molar-refractivity contribution in [3.05, 3.63) is 47.6 Å². The standard InChI is InChI=1S/C11H12N4O/c1-8-7-10(14-11(12)15(8)16)13-9-5-3-2-4-6-9/h2-7,16H,1H3,(H2,12,13,14). The molecule has 0 saturated heterocycles. The zero-order valence-corrected chi connectivity index (χ0v) is 8.83. The molecule has 0 aliphatic rings. The summed E-state index contributed by atoms with van der Waals surface area (Å²) in [5, 5.41) is 9.38. The highest BCUT2D eigenvalue weighted by Crippen LogP contribution is 2.08. The number of nitrogens with two attached hydrogens (primary N) is 1. The molecule has 0 aliphatic carbocycles. The minimum atomic E-state index is 0.0229. The fourth-order valence-corrected chi connectivity index (χ4v) is 1.32. The molecular weight excluding hydrogens is 204 g/mol. The van der Waals surface area contributed by atoms with Crippen LogP contribution in [0.2, 0.25) is 0 Å². The van der Waals surface area contributed by atoms with Gasteiger partial charge in [0, 0.05) is 6.07 Å². The number of aryl methyl sites for hydroxylation is 1. The van der Waals surface area contributed by atoms with Gasteiger partial charge in [-0.15, -0.1) is 0 Å². The van der Waals surface area contributed by atoms with Gasteiger partial charge in [0.25, 0.3) is 0 Å². The maximum atomic E-state index is 9.38. The summed E-state index contributed by atoms with van der Waals surface area (Å²) in [6.45, 7) is 1.72. The molecule has 1 aromatic heterocycles. The lowest BCUT2D eigenvalue weighted by molar-refractivity contribution is 0.180. The molecule has 1 heterocycles. The monoisotopic (exact) mass is 216 g/mol. The van der Waals surface area contributed by atoms with E-state index in [0.717, 1.165) is 10.4 Å². The quantitative estimate of drug-likeness (QED) is 0.704. The number of hydrogen-bond donors (Lipinski definition) is 2. The number of anilines is 1. The van der Waals surface area contributed by atoms with Crippen molar-refractivity contribution in [2.75, 3.05) is 5.73 Å². The van der Waals surface area contributed by atoms with Crippen molar-refractivity contribution in [3.8, 4) is 0 Å². The number of hydrogen-bond acceptors (Lipinski definition) is 4. The molecular formula is C11H12N4O. The van der Waals surface area contributed by atoms with E-state index >= 15 is 0 Å². The second-order valence-electron chi connectivity index (χ2n) is 3.37. The molecule has 0 radical (unpaired) electrons. The Morgan fingerprint density at radius 3 is 2.62 bits per heavy atom. The highest BCUT2D eigenvalue weighted by atomic mass is 16.5. The third-order valence-corrected chi connectivity index (χ3v) is 2.12. The Balaban J connectivity index is 2.54. The van der Waals surface area contributed by atoms with E-state index in [1.165, 1.54) is 0 Å². The summed E-state index contributed by atoms with van der Waals surface area (Å²) < 4.78 is 0.823. The van der Waals surface area contributed by atoms with Gasteiger partial charge in [-0.05, 0) is 19.1 Å². The molecule has 3 N–H and O–H groups in total. The van der Waals surface area contributed by atoms with Crippen LogP contribution in [0.3, 0.4) is 0 Å². The first kappa shape index (κ1) is 10.2. The van der Waals surface area contributed by atoms with Crippen LogP contribution in [0.1, 0.15) is 5.69 Å². The summed E-state index contributed by atoms with van der Waals surface area (Å²) in [4.78, 5) is 8.24. The van der Waals surface area contributed by atoms with Gasteiger partial charge in [-0.2, -0.15) is 9.71 Å². The molecule has 2 rings (SSSR count). The van der Waals surface area contributed by atoms with Crippen LogP contribution in [0.4, 0.5) is 11.6 Å². The van der Waals surface area contributed by atoms with E-state index in [1.807, 2.05) is 30.3 Å². The SMILES string of the molecule is Cc1cc(=Nc2ccccc2)nc(N)n1O. The lowest BCUT2D eigenvalue weighted by Gasteiger charge is -2.04. The Morgan fingerprint density at radius 2 is 2.00 bits per heavy atom. The normalized spacial score (nSPS) is 11.7. The van der Waals surface area contributed by atoms with Gasteiger partial charge in [-0.1, -0.05) is 18.2 Å². The third-order valence-electron chi connectivity index (χ3n) is 2.12. The van der Waals surface area contributed by atoms with Gasteiger partial charge in [0.2, 0.25) is 5.95 Å². The second kappa shape index (κ2) is 4.06. The maximum Gasteiger partial charge on any atom is 0.236 e. The Morgan fingerprint density at radius 1 is 1.31 bits per heavy atom. The van der Waals surface area contributed by atoms with Crippen molar-refractivity contribution < 1.29 is 5.21 Å². The number of para-hydroxylation sites is 1. The van der Waals surface area contributed by atoms with Crippen LogP contribution >= 0.6 is 0 Å². The highest BCUT2D eigenvalue weighted by Gasteiger charge is 1.99. The van der Waals surface area contributed by atoms with E-state index in [1.54, 1.807) is 13.0 Å². The van der Waals surface area contributed by atoms with Gasteiger partial charge in [-0.25, -0.2) is 4.99 Å². The predicted octanol–water partition coefficient (Wildman–Crippen LogP) is 1.24. The van der Waals surface area contributed by atoms with Crippen molar-refractivity contribution in [1.82, 2.24) is 9.71 Å². The van der Waals surface area contributed by atoms with E-state index < -0.39 is 0 Å². The predicted molar refractivity (Wildman–Crippen MR) is 60.2 cm³/mol. The van der Waals surface area contributed by atoms with Crippen molar-refractivity contribution in [1.29, 1.82) is 0 Å². The first-order valence-corrected chi connectivity index (χ1v) is 4.82.